The van der Waals surface area contributed by atoms with Crippen LogP contribution in [-0.4, -0.2) is 11.2 Å². The summed E-state index contributed by atoms with van der Waals surface area (Å²) in [6.45, 7) is 5.13. The molecule has 4 aliphatic rings. The summed E-state index contributed by atoms with van der Waals surface area (Å²) in [5.41, 5.74) is 1.12. The van der Waals surface area contributed by atoms with Crippen LogP contribution >= 0.6 is 0 Å². The summed E-state index contributed by atoms with van der Waals surface area (Å²) < 4.78 is 0. The zero-order chi connectivity index (χ0) is 14.0. The number of hydrogen-bond acceptors (Lipinski definition) is 1. The Kier molecular flexibility index (Phi) is 3.05. The maximum absolute atomic E-state index is 10.2. The quantitative estimate of drug-likeness (QED) is 0.675. The van der Waals surface area contributed by atoms with Crippen molar-refractivity contribution in [2.45, 2.75) is 84.2 Å². The smallest absolute Gasteiger partial charge is 0.0548 e. The molecule has 0 unspecified atom stereocenters. The highest BCUT2D eigenvalue weighted by atomic mass is 16.3. The van der Waals surface area contributed by atoms with E-state index in [1.165, 1.54) is 51.4 Å². The Labute approximate surface area is 124 Å². The van der Waals surface area contributed by atoms with Crippen LogP contribution in [0.3, 0.4) is 0 Å². The minimum absolute atomic E-state index is 0.000588. The second-order valence-corrected chi connectivity index (χ2v) is 9.19. The largest absolute Gasteiger partial charge is 0.393 e. The van der Waals surface area contributed by atoms with Gasteiger partial charge in [-0.05, 0) is 85.9 Å². The lowest BCUT2D eigenvalue weighted by molar-refractivity contribution is -0.103. The predicted molar refractivity (Wildman–Crippen MR) is 82.4 cm³/mol. The van der Waals surface area contributed by atoms with Gasteiger partial charge in [-0.25, -0.2) is 0 Å². The van der Waals surface area contributed by atoms with Gasteiger partial charge in [-0.15, -0.1) is 0 Å². The molecule has 0 amide bonds. The lowest BCUT2D eigenvalue weighted by atomic mass is 9.45. The molecule has 0 aromatic heterocycles. The van der Waals surface area contributed by atoms with Crippen LogP contribution in [0.1, 0.15) is 78.1 Å². The fourth-order valence-corrected chi connectivity index (χ4v) is 7.32. The molecule has 4 saturated carbocycles. The maximum atomic E-state index is 10.2. The van der Waals surface area contributed by atoms with Crippen LogP contribution in [0.25, 0.3) is 0 Å². The van der Waals surface area contributed by atoms with Crippen molar-refractivity contribution in [1.82, 2.24) is 0 Å². The standard InChI is InChI=1S/C19H32O/c1-18-10-8-16-15(17(18)11-14(20)12-18)7-6-13-5-3-4-9-19(13,16)2/h13-17,20H,3-12H2,1-2H3/t13-,14+,15+,16-,17+,18-,19+/m1/s1. The van der Waals surface area contributed by atoms with Crippen LogP contribution < -0.4 is 0 Å². The Morgan fingerprint density at radius 2 is 1.75 bits per heavy atom. The van der Waals surface area contributed by atoms with Gasteiger partial charge in [0, 0.05) is 0 Å². The molecule has 0 radical (unpaired) electrons. The molecule has 1 N–H and O–H groups in total. The van der Waals surface area contributed by atoms with E-state index in [2.05, 4.69) is 13.8 Å². The Morgan fingerprint density at radius 3 is 2.60 bits per heavy atom. The third-order valence-electron chi connectivity index (χ3n) is 8.33. The van der Waals surface area contributed by atoms with E-state index in [0.717, 1.165) is 36.5 Å². The summed E-state index contributed by atoms with van der Waals surface area (Å²) in [4.78, 5) is 0. The molecule has 1 nitrogen and oxygen atoms in total. The van der Waals surface area contributed by atoms with E-state index in [4.69, 9.17) is 0 Å². The number of rotatable bonds is 0. The second-order valence-electron chi connectivity index (χ2n) is 9.19. The van der Waals surface area contributed by atoms with Gasteiger partial charge in [-0.1, -0.05) is 26.7 Å². The first kappa shape index (κ1) is 13.6. The van der Waals surface area contributed by atoms with Gasteiger partial charge in [0.1, 0.15) is 0 Å². The van der Waals surface area contributed by atoms with Gasteiger partial charge >= 0.3 is 0 Å². The van der Waals surface area contributed by atoms with E-state index in [1.54, 1.807) is 0 Å². The molecule has 0 heterocycles. The Balaban J connectivity index is 1.64. The number of fused-ring (bicyclic) bond motifs is 5. The summed E-state index contributed by atoms with van der Waals surface area (Å²) >= 11 is 0. The molecule has 1 heteroatoms. The normalized spacial score (nSPS) is 58.6. The number of hydrogen-bond donors (Lipinski definition) is 1. The number of aliphatic hydroxyl groups excluding tert-OH is 1. The molecule has 0 bridgehead atoms. The first-order chi connectivity index (χ1) is 9.53. The molecule has 0 aromatic carbocycles. The van der Waals surface area contributed by atoms with Gasteiger partial charge in [0.25, 0.3) is 0 Å². The molecule has 20 heavy (non-hydrogen) atoms. The second kappa shape index (κ2) is 4.48. The molecular weight excluding hydrogens is 244 g/mol. The van der Waals surface area contributed by atoms with Gasteiger partial charge in [-0.2, -0.15) is 0 Å². The molecule has 114 valence electrons. The van der Waals surface area contributed by atoms with Crippen LogP contribution in [-0.2, 0) is 0 Å². The highest BCUT2D eigenvalue weighted by Crippen LogP contribution is 2.66. The van der Waals surface area contributed by atoms with E-state index < -0.39 is 0 Å². The first-order valence-corrected chi connectivity index (χ1v) is 9.21. The maximum Gasteiger partial charge on any atom is 0.0548 e. The van der Waals surface area contributed by atoms with Crippen LogP contribution in [0.5, 0.6) is 0 Å². The summed E-state index contributed by atoms with van der Waals surface area (Å²) in [5.74, 6) is 3.76. The van der Waals surface area contributed by atoms with Gasteiger partial charge in [0.2, 0.25) is 0 Å². The lowest BCUT2D eigenvalue weighted by Gasteiger charge is -2.60. The fraction of sp³-hybridized carbons (Fsp3) is 1.00. The average Bonchev–Trinajstić information content (AvgIpc) is 2.72. The van der Waals surface area contributed by atoms with Crippen molar-refractivity contribution >= 4 is 0 Å². The van der Waals surface area contributed by atoms with Crippen LogP contribution in [0.4, 0.5) is 0 Å². The van der Waals surface area contributed by atoms with Gasteiger partial charge in [0.15, 0.2) is 0 Å². The first-order valence-electron chi connectivity index (χ1n) is 9.21. The summed E-state index contributed by atoms with van der Waals surface area (Å²) in [5, 5.41) is 10.2. The molecule has 4 aliphatic carbocycles. The van der Waals surface area contributed by atoms with Gasteiger partial charge in [0.05, 0.1) is 6.10 Å². The van der Waals surface area contributed by atoms with E-state index in [-0.39, 0.29) is 6.10 Å². The van der Waals surface area contributed by atoms with Crippen LogP contribution in [0.15, 0.2) is 0 Å². The van der Waals surface area contributed by atoms with E-state index in [1.807, 2.05) is 0 Å². The Hall–Kier alpha value is -0.0400. The van der Waals surface area contributed by atoms with Crippen molar-refractivity contribution in [2.24, 2.45) is 34.5 Å². The third kappa shape index (κ3) is 1.77. The minimum atomic E-state index is 0.000588. The van der Waals surface area contributed by atoms with Crippen LogP contribution in [0, 0.1) is 34.5 Å². The van der Waals surface area contributed by atoms with Crippen LogP contribution in [0.2, 0.25) is 0 Å². The van der Waals surface area contributed by atoms with Gasteiger partial charge < -0.3 is 5.11 Å². The zero-order valence-electron chi connectivity index (χ0n) is 13.4. The van der Waals surface area contributed by atoms with Crippen molar-refractivity contribution in [1.29, 1.82) is 0 Å². The Bertz CT molecular complexity index is 391. The number of aliphatic hydroxyl groups is 1. The molecule has 4 fully saturated rings. The van der Waals surface area contributed by atoms with E-state index >= 15 is 0 Å². The molecule has 0 aromatic rings. The highest BCUT2D eigenvalue weighted by molar-refractivity contribution is 5.07. The summed E-state index contributed by atoms with van der Waals surface area (Å²) in [6, 6.07) is 0. The topological polar surface area (TPSA) is 20.2 Å². The summed E-state index contributed by atoms with van der Waals surface area (Å²) in [6.07, 6.45) is 13.9. The molecule has 0 aliphatic heterocycles. The third-order valence-corrected chi connectivity index (χ3v) is 8.33. The van der Waals surface area contributed by atoms with Crippen molar-refractivity contribution in [3.8, 4) is 0 Å². The van der Waals surface area contributed by atoms with E-state index in [0.29, 0.717) is 10.8 Å². The van der Waals surface area contributed by atoms with Crippen molar-refractivity contribution in [2.75, 3.05) is 0 Å². The fourth-order valence-electron chi connectivity index (χ4n) is 7.32. The van der Waals surface area contributed by atoms with Crippen molar-refractivity contribution in [3.05, 3.63) is 0 Å². The van der Waals surface area contributed by atoms with Gasteiger partial charge in [-0.3, -0.25) is 0 Å². The zero-order valence-corrected chi connectivity index (χ0v) is 13.4. The molecular formula is C19H32O. The SMILES string of the molecule is C[C@]12CC[C@@H]3[C@H](CC[C@H]4CCCC[C@@]43C)[C@@H]1C[C@H](O)C2. The molecule has 0 saturated heterocycles. The molecule has 7 atom stereocenters. The highest BCUT2D eigenvalue weighted by Gasteiger charge is 2.58. The summed E-state index contributed by atoms with van der Waals surface area (Å²) in [7, 11) is 0. The average molecular weight is 276 g/mol. The monoisotopic (exact) mass is 276 g/mol. The molecule has 4 rings (SSSR count). The van der Waals surface area contributed by atoms with Crippen molar-refractivity contribution in [3.63, 3.8) is 0 Å². The van der Waals surface area contributed by atoms with E-state index in [9.17, 15) is 5.11 Å². The Morgan fingerprint density at radius 1 is 0.900 bits per heavy atom. The minimum Gasteiger partial charge on any atom is -0.393 e. The predicted octanol–water partition coefficient (Wildman–Crippen LogP) is 4.78. The lowest BCUT2D eigenvalue weighted by Crippen LogP contribution is -2.51. The van der Waals surface area contributed by atoms with Crippen molar-refractivity contribution < 1.29 is 5.11 Å². The molecule has 0 spiro atoms.